The van der Waals surface area contributed by atoms with Crippen molar-refractivity contribution in [3.8, 4) is 5.75 Å². The standard InChI is InChI=1S/C34H24Br2ClN3O3S/c1-20-29(32(41)39-26-10-6-3-7-11-26)30(22-12-14-25(37)15-13-22)40-33(42)28(44-34(40)38-20)17-23-16-24(35)18-27(36)31(23)43-19-21-8-4-2-5-9-21/h2-18,30H,19H2,1H3,(H,39,41)/b28-17-/t30-/m0/s1. The molecular weight excluding hydrogens is 726 g/mol. The summed E-state index contributed by atoms with van der Waals surface area (Å²) >= 11 is 14.7. The lowest BCUT2D eigenvalue weighted by atomic mass is 9.95. The van der Waals surface area contributed by atoms with Crippen molar-refractivity contribution in [2.45, 2.75) is 19.6 Å². The number of nitrogens with zero attached hydrogens (tertiary/aromatic N) is 2. The Hall–Kier alpha value is -3.76. The van der Waals surface area contributed by atoms with Crippen LogP contribution in [0.25, 0.3) is 6.08 Å². The number of allylic oxidation sites excluding steroid dienone is 1. The number of fused-ring (bicyclic) bond motifs is 1. The van der Waals surface area contributed by atoms with Crippen LogP contribution in [0.4, 0.5) is 5.69 Å². The van der Waals surface area contributed by atoms with Crippen molar-refractivity contribution >= 4 is 72.5 Å². The van der Waals surface area contributed by atoms with Crippen LogP contribution in [-0.4, -0.2) is 10.5 Å². The van der Waals surface area contributed by atoms with Crippen LogP contribution in [0.1, 0.15) is 29.7 Å². The van der Waals surface area contributed by atoms with Gasteiger partial charge in [-0.3, -0.25) is 14.2 Å². The number of hydrogen-bond donors (Lipinski definition) is 1. The smallest absolute Gasteiger partial charge is 0.271 e. The molecule has 1 amide bonds. The van der Waals surface area contributed by atoms with Gasteiger partial charge in [0.1, 0.15) is 12.4 Å². The predicted octanol–water partition coefficient (Wildman–Crippen LogP) is 7.63. The zero-order valence-electron chi connectivity index (χ0n) is 23.3. The Bertz CT molecular complexity index is 2080. The van der Waals surface area contributed by atoms with Crippen LogP contribution in [0.2, 0.25) is 5.02 Å². The summed E-state index contributed by atoms with van der Waals surface area (Å²) in [6.07, 6.45) is 1.81. The van der Waals surface area contributed by atoms with Crippen LogP contribution in [0, 0.1) is 0 Å². The number of thiazole rings is 1. The minimum Gasteiger partial charge on any atom is -0.487 e. The van der Waals surface area contributed by atoms with Crippen LogP contribution in [0.5, 0.6) is 5.75 Å². The molecule has 5 aromatic rings. The first kappa shape index (κ1) is 30.3. The third-order valence-corrected chi connectivity index (χ3v) is 9.32. The summed E-state index contributed by atoms with van der Waals surface area (Å²) in [5.41, 5.74) is 3.77. The van der Waals surface area contributed by atoms with Crippen molar-refractivity contribution in [1.29, 1.82) is 0 Å². The van der Waals surface area contributed by atoms with Gasteiger partial charge in [-0.05, 0) is 76.5 Å². The van der Waals surface area contributed by atoms with Gasteiger partial charge < -0.3 is 10.1 Å². The van der Waals surface area contributed by atoms with E-state index in [-0.39, 0.29) is 11.5 Å². The molecule has 4 aromatic carbocycles. The molecule has 0 aliphatic carbocycles. The monoisotopic (exact) mass is 747 g/mol. The van der Waals surface area contributed by atoms with Crippen LogP contribution in [-0.2, 0) is 11.4 Å². The molecule has 1 aliphatic rings. The van der Waals surface area contributed by atoms with E-state index in [2.05, 4.69) is 37.2 Å². The highest BCUT2D eigenvalue weighted by atomic mass is 79.9. The van der Waals surface area contributed by atoms with Gasteiger partial charge in [-0.15, -0.1) is 0 Å². The van der Waals surface area contributed by atoms with Crippen LogP contribution < -0.4 is 24.9 Å². The molecule has 6 nitrogen and oxygen atoms in total. The third-order valence-electron chi connectivity index (χ3n) is 7.03. The minimum atomic E-state index is -0.711. The van der Waals surface area contributed by atoms with Gasteiger partial charge in [-0.2, -0.15) is 0 Å². The highest BCUT2D eigenvalue weighted by molar-refractivity contribution is 9.11. The van der Waals surface area contributed by atoms with E-state index >= 15 is 0 Å². The zero-order valence-corrected chi connectivity index (χ0v) is 28.0. The van der Waals surface area contributed by atoms with Crippen molar-refractivity contribution in [3.63, 3.8) is 0 Å². The van der Waals surface area contributed by atoms with Gasteiger partial charge in [0.25, 0.3) is 11.5 Å². The van der Waals surface area contributed by atoms with E-state index < -0.39 is 6.04 Å². The number of hydrogen-bond acceptors (Lipinski definition) is 5. The summed E-state index contributed by atoms with van der Waals surface area (Å²) in [4.78, 5) is 33.2. The quantitative estimate of drug-likeness (QED) is 0.186. The van der Waals surface area contributed by atoms with Crippen molar-refractivity contribution in [2.75, 3.05) is 5.32 Å². The Labute approximate surface area is 279 Å². The maximum atomic E-state index is 14.2. The fraction of sp³-hybridized carbons (Fsp3) is 0.0882. The number of halogens is 3. The molecule has 1 atom stereocenters. The average molecular weight is 750 g/mol. The fourth-order valence-electron chi connectivity index (χ4n) is 5.00. The number of para-hydroxylation sites is 1. The normalized spacial score (nSPS) is 14.6. The topological polar surface area (TPSA) is 72.7 Å². The predicted molar refractivity (Wildman–Crippen MR) is 183 cm³/mol. The Morgan fingerprint density at radius 3 is 2.41 bits per heavy atom. The molecule has 10 heteroatoms. The summed E-state index contributed by atoms with van der Waals surface area (Å²) in [6, 6.07) is 29.3. The Kier molecular flexibility index (Phi) is 9.00. The number of amides is 1. The minimum absolute atomic E-state index is 0.267. The number of anilines is 1. The molecule has 2 heterocycles. The first-order chi connectivity index (χ1) is 21.3. The maximum Gasteiger partial charge on any atom is 0.271 e. The number of carbonyl (C=O) groups is 1. The molecule has 0 bridgehead atoms. The van der Waals surface area contributed by atoms with Crippen molar-refractivity contribution in [1.82, 2.24) is 4.57 Å². The second kappa shape index (κ2) is 13.1. The van der Waals surface area contributed by atoms with Gasteiger partial charge in [0.2, 0.25) is 0 Å². The molecule has 220 valence electrons. The number of carbonyl (C=O) groups excluding carboxylic acids is 1. The van der Waals surface area contributed by atoms with E-state index in [1.54, 1.807) is 23.6 Å². The van der Waals surface area contributed by atoms with Crippen molar-refractivity contribution in [2.24, 2.45) is 4.99 Å². The Morgan fingerprint density at radius 1 is 1.02 bits per heavy atom. The average Bonchev–Trinajstić information content (AvgIpc) is 3.31. The number of rotatable bonds is 7. The molecule has 0 fully saturated rings. The molecule has 0 radical (unpaired) electrons. The fourth-order valence-corrected chi connectivity index (χ4v) is 7.54. The maximum absolute atomic E-state index is 14.2. The van der Waals surface area contributed by atoms with E-state index in [9.17, 15) is 9.59 Å². The van der Waals surface area contributed by atoms with Crippen LogP contribution in [0.15, 0.2) is 127 Å². The highest BCUT2D eigenvalue weighted by Gasteiger charge is 2.32. The molecule has 1 N–H and O–H groups in total. The van der Waals surface area contributed by atoms with E-state index in [1.807, 2.05) is 91.0 Å². The Balaban J connectivity index is 1.47. The van der Waals surface area contributed by atoms with Gasteiger partial charge in [-0.25, -0.2) is 4.99 Å². The number of nitrogens with one attached hydrogen (secondary N) is 1. The van der Waals surface area contributed by atoms with Gasteiger partial charge >= 0.3 is 0 Å². The van der Waals surface area contributed by atoms with Gasteiger partial charge in [-0.1, -0.05) is 99.5 Å². The van der Waals surface area contributed by atoms with E-state index in [1.165, 1.54) is 11.3 Å². The molecule has 0 saturated carbocycles. The lowest BCUT2D eigenvalue weighted by Crippen LogP contribution is -2.40. The molecule has 44 heavy (non-hydrogen) atoms. The highest BCUT2D eigenvalue weighted by Crippen LogP contribution is 2.35. The molecule has 6 rings (SSSR count). The molecule has 0 unspecified atom stereocenters. The Morgan fingerprint density at radius 2 is 1.70 bits per heavy atom. The van der Waals surface area contributed by atoms with Gasteiger partial charge in [0, 0.05) is 20.7 Å². The van der Waals surface area contributed by atoms with E-state index in [0.717, 1.165) is 20.1 Å². The third kappa shape index (κ3) is 6.37. The first-order valence-corrected chi connectivity index (χ1v) is 16.4. The molecule has 0 saturated heterocycles. The van der Waals surface area contributed by atoms with Gasteiger partial charge in [0.05, 0.1) is 26.3 Å². The number of aromatic nitrogens is 1. The number of ether oxygens (including phenoxy) is 1. The van der Waals surface area contributed by atoms with E-state index in [0.29, 0.717) is 49.2 Å². The molecular formula is C34H24Br2ClN3O3S. The van der Waals surface area contributed by atoms with E-state index in [4.69, 9.17) is 21.3 Å². The zero-order chi connectivity index (χ0) is 30.8. The SMILES string of the molecule is CC1=C(C(=O)Nc2ccccc2)[C@H](c2ccc(Cl)cc2)n2c(s/c(=C\c3cc(Br)cc(Br)c3OCc3ccccc3)c2=O)=N1. The molecule has 0 spiro atoms. The van der Waals surface area contributed by atoms with Crippen molar-refractivity contribution < 1.29 is 9.53 Å². The summed E-state index contributed by atoms with van der Waals surface area (Å²) in [7, 11) is 0. The van der Waals surface area contributed by atoms with Crippen LogP contribution >= 0.6 is 54.8 Å². The summed E-state index contributed by atoms with van der Waals surface area (Å²) in [5, 5.41) is 3.52. The summed E-state index contributed by atoms with van der Waals surface area (Å²) in [5.74, 6) is 0.274. The van der Waals surface area contributed by atoms with Crippen molar-refractivity contribution in [3.05, 3.63) is 159 Å². The number of benzene rings is 4. The van der Waals surface area contributed by atoms with Crippen LogP contribution in [0.3, 0.4) is 0 Å². The second-order valence-corrected chi connectivity index (χ2v) is 13.2. The van der Waals surface area contributed by atoms with Gasteiger partial charge in [0.15, 0.2) is 4.80 Å². The first-order valence-electron chi connectivity index (χ1n) is 13.6. The summed E-state index contributed by atoms with van der Waals surface area (Å²) in [6.45, 7) is 2.15. The molecule has 1 aromatic heterocycles. The molecule has 1 aliphatic heterocycles. The second-order valence-electron chi connectivity index (χ2n) is 10.0. The lowest BCUT2D eigenvalue weighted by Gasteiger charge is -2.25. The lowest BCUT2D eigenvalue weighted by molar-refractivity contribution is -0.113. The largest absolute Gasteiger partial charge is 0.487 e. The summed E-state index contributed by atoms with van der Waals surface area (Å²) < 4.78 is 9.86.